The molecule has 0 aliphatic carbocycles. The monoisotopic (exact) mass is 581 g/mol. The van der Waals surface area contributed by atoms with Crippen LogP contribution in [-0.2, 0) is 14.4 Å². The molecule has 1 amide bonds. The maximum absolute atomic E-state index is 13.2. The molecular weight excluding hydrogens is 550 g/mol. The number of thiocarbonyl (C=S) groups is 1. The van der Waals surface area contributed by atoms with Gasteiger partial charge in [0, 0.05) is 37.2 Å². The van der Waals surface area contributed by atoms with Crippen molar-refractivity contribution >= 4 is 52.2 Å². The third kappa shape index (κ3) is 8.78. The molecule has 0 bridgehead atoms. The number of carbonyl (C=O) groups excluding carboxylic acids is 1. The van der Waals surface area contributed by atoms with E-state index in [4.69, 9.17) is 37.1 Å². The first-order valence-electron chi connectivity index (χ1n) is 12.7. The van der Waals surface area contributed by atoms with Gasteiger partial charge in [0.05, 0.1) is 17.2 Å². The van der Waals surface area contributed by atoms with Crippen molar-refractivity contribution in [3.63, 3.8) is 0 Å². The molecule has 2 N–H and O–H groups in total. The fraction of sp³-hybridized carbons (Fsp3) is 0.276. The molecule has 4 rings (SSSR count). The van der Waals surface area contributed by atoms with Gasteiger partial charge in [0.25, 0.3) is 11.9 Å². The average molecular weight is 582 g/mol. The molecule has 9 nitrogen and oxygen atoms in total. The SMILES string of the molecule is CC(=O)O.CCOc1cccc(-c2nn(-c3ccccc3)cc2/C=C2/SC(=S)N(CCCCCC(=O)O)C2=O)c1. The van der Waals surface area contributed by atoms with Crippen LogP contribution < -0.4 is 4.74 Å². The van der Waals surface area contributed by atoms with Crippen molar-refractivity contribution < 1.29 is 29.3 Å². The Balaban J connectivity index is 0.00000103. The molecule has 1 aliphatic rings. The molecule has 2 heterocycles. The zero-order valence-electron chi connectivity index (χ0n) is 22.3. The van der Waals surface area contributed by atoms with Gasteiger partial charge in [-0.1, -0.05) is 60.7 Å². The van der Waals surface area contributed by atoms with Crippen molar-refractivity contribution in [2.75, 3.05) is 13.2 Å². The summed E-state index contributed by atoms with van der Waals surface area (Å²) in [6.45, 7) is 4.07. The smallest absolute Gasteiger partial charge is 0.303 e. The van der Waals surface area contributed by atoms with E-state index in [2.05, 4.69) is 0 Å². The van der Waals surface area contributed by atoms with E-state index in [9.17, 15) is 9.59 Å². The van der Waals surface area contributed by atoms with Gasteiger partial charge in [-0.05, 0) is 50.1 Å². The molecule has 1 fully saturated rings. The van der Waals surface area contributed by atoms with Crippen LogP contribution in [0.25, 0.3) is 23.0 Å². The first-order chi connectivity index (χ1) is 19.2. The van der Waals surface area contributed by atoms with Gasteiger partial charge in [0.2, 0.25) is 0 Å². The van der Waals surface area contributed by atoms with Crippen LogP contribution >= 0.6 is 24.0 Å². The fourth-order valence-electron chi connectivity index (χ4n) is 3.89. The van der Waals surface area contributed by atoms with E-state index in [1.807, 2.05) is 73.8 Å². The Morgan fingerprint density at radius 1 is 1.07 bits per heavy atom. The van der Waals surface area contributed by atoms with E-state index in [0.29, 0.717) is 35.2 Å². The lowest BCUT2D eigenvalue weighted by atomic mass is 10.1. The van der Waals surface area contributed by atoms with Crippen LogP contribution in [0.3, 0.4) is 0 Å². The third-order valence-electron chi connectivity index (χ3n) is 5.61. The Morgan fingerprint density at radius 3 is 2.48 bits per heavy atom. The number of ether oxygens (including phenoxy) is 1. The molecule has 0 spiro atoms. The highest BCUT2D eigenvalue weighted by Gasteiger charge is 2.32. The minimum absolute atomic E-state index is 0.135. The Kier molecular flexibility index (Phi) is 11.5. The number of rotatable bonds is 11. The van der Waals surface area contributed by atoms with E-state index in [0.717, 1.165) is 41.6 Å². The molecule has 2 aromatic carbocycles. The predicted octanol–water partition coefficient (Wildman–Crippen LogP) is 5.88. The van der Waals surface area contributed by atoms with E-state index in [1.165, 1.54) is 11.8 Å². The van der Waals surface area contributed by atoms with Gasteiger partial charge in [0.15, 0.2) is 0 Å². The molecule has 3 aromatic rings. The highest BCUT2D eigenvalue weighted by atomic mass is 32.2. The number of para-hydroxylation sites is 1. The number of carboxylic acid groups (broad SMARTS) is 2. The Bertz CT molecular complexity index is 1380. The number of carbonyl (C=O) groups is 3. The lowest BCUT2D eigenvalue weighted by Crippen LogP contribution is -2.29. The van der Waals surface area contributed by atoms with Crippen LogP contribution in [0.5, 0.6) is 5.75 Å². The highest BCUT2D eigenvalue weighted by Crippen LogP contribution is 2.35. The van der Waals surface area contributed by atoms with E-state index in [-0.39, 0.29) is 12.3 Å². The molecule has 1 saturated heterocycles. The van der Waals surface area contributed by atoms with Crippen LogP contribution in [0.4, 0.5) is 0 Å². The summed E-state index contributed by atoms with van der Waals surface area (Å²) in [5.41, 5.74) is 3.33. The number of thioether (sulfide) groups is 1. The third-order valence-corrected chi connectivity index (χ3v) is 6.99. The topological polar surface area (TPSA) is 122 Å². The molecule has 1 aromatic heterocycles. The van der Waals surface area contributed by atoms with Gasteiger partial charge < -0.3 is 14.9 Å². The minimum Gasteiger partial charge on any atom is -0.494 e. The van der Waals surface area contributed by atoms with Gasteiger partial charge in [-0.3, -0.25) is 19.3 Å². The van der Waals surface area contributed by atoms with Crippen LogP contribution in [0.15, 0.2) is 65.7 Å². The average Bonchev–Trinajstić information content (AvgIpc) is 3.45. The van der Waals surface area contributed by atoms with Crippen LogP contribution in [0, 0.1) is 0 Å². The number of aromatic nitrogens is 2. The molecule has 210 valence electrons. The number of hydrogen-bond donors (Lipinski definition) is 2. The Morgan fingerprint density at radius 2 is 1.80 bits per heavy atom. The van der Waals surface area contributed by atoms with Crippen molar-refractivity contribution in [2.24, 2.45) is 0 Å². The van der Waals surface area contributed by atoms with Crippen molar-refractivity contribution in [1.82, 2.24) is 14.7 Å². The fourth-order valence-corrected chi connectivity index (χ4v) is 5.19. The van der Waals surface area contributed by atoms with Crippen molar-refractivity contribution in [1.29, 1.82) is 0 Å². The summed E-state index contributed by atoms with van der Waals surface area (Å²) in [6.07, 6.45) is 5.91. The summed E-state index contributed by atoms with van der Waals surface area (Å²) in [7, 11) is 0. The van der Waals surface area contributed by atoms with Gasteiger partial charge in [0.1, 0.15) is 15.8 Å². The minimum atomic E-state index is -0.833. The quantitative estimate of drug-likeness (QED) is 0.162. The number of aliphatic carboxylic acids is 2. The first kappa shape index (κ1) is 30.6. The molecule has 0 unspecified atom stereocenters. The zero-order chi connectivity index (χ0) is 29.1. The molecule has 1 aliphatic heterocycles. The molecular formula is C29H31N3O6S2. The summed E-state index contributed by atoms with van der Waals surface area (Å²) in [4.78, 5) is 35.0. The Labute approximate surface area is 242 Å². The predicted molar refractivity (Wildman–Crippen MR) is 159 cm³/mol. The molecule has 11 heteroatoms. The largest absolute Gasteiger partial charge is 0.494 e. The normalized spacial score (nSPS) is 13.8. The van der Waals surface area contributed by atoms with Crippen LogP contribution in [-0.4, -0.2) is 60.2 Å². The number of benzene rings is 2. The molecule has 0 radical (unpaired) electrons. The number of unbranched alkanes of at least 4 members (excludes halogenated alkanes) is 2. The van der Waals surface area contributed by atoms with Crippen LogP contribution in [0.1, 0.15) is 45.1 Å². The summed E-state index contributed by atoms with van der Waals surface area (Å²) in [5.74, 6) is -1.02. The molecule has 0 saturated carbocycles. The second-order valence-electron chi connectivity index (χ2n) is 8.73. The summed E-state index contributed by atoms with van der Waals surface area (Å²) < 4.78 is 8.00. The zero-order valence-corrected chi connectivity index (χ0v) is 23.9. The Hall–Kier alpha value is -3.96. The number of carboxylic acids is 2. The first-order valence-corrected chi connectivity index (χ1v) is 14.0. The van der Waals surface area contributed by atoms with Crippen LogP contribution in [0.2, 0.25) is 0 Å². The van der Waals surface area contributed by atoms with E-state index >= 15 is 0 Å². The van der Waals surface area contributed by atoms with E-state index < -0.39 is 11.9 Å². The number of nitrogens with zero attached hydrogens (tertiary/aromatic N) is 3. The lowest BCUT2D eigenvalue weighted by Gasteiger charge is -2.13. The van der Waals surface area contributed by atoms with Crippen molar-refractivity contribution in [3.8, 4) is 22.7 Å². The van der Waals surface area contributed by atoms with Crippen molar-refractivity contribution in [2.45, 2.75) is 39.5 Å². The summed E-state index contributed by atoms with van der Waals surface area (Å²) in [5, 5.41) is 21.1. The second kappa shape index (κ2) is 15.0. The highest BCUT2D eigenvalue weighted by molar-refractivity contribution is 8.26. The molecule has 0 atom stereocenters. The van der Waals surface area contributed by atoms with Gasteiger partial charge in [-0.15, -0.1) is 0 Å². The standard InChI is InChI=1S/C27H27N3O4S2.C2H4O2/c1-2-34-22-13-9-10-19(16-22)25-20(18-30(28-25)21-11-5-3-6-12-21)17-23-26(33)29(27(35)36-23)15-8-4-7-14-24(31)32;1-2(3)4/h3,5-6,9-13,16-18H,2,4,7-8,14-15H2,1H3,(H,31,32);1H3,(H,3,4)/b23-17+;. The van der Waals surface area contributed by atoms with Gasteiger partial charge in [-0.2, -0.15) is 5.10 Å². The van der Waals surface area contributed by atoms with Gasteiger partial charge >= 0.3 is 5.97 Å². The van der Waals surface area contributed by atoms with Crippen molar-refractivity contribution in [3.05, 3.63) is 71.3 Å². The molecule has 40 heavy (non-hydrogen) atoms. The summed E-state index contributed by atoms with van der Waals surface area (Å²) in [6, 6.07) is 17.6. The maximum atomic E-state index is 13.2. The number of amides is 1. The van der Waals surface area contributed by atoms with Gasteiger partial charge in [-0.25, -0.2) is 4.68 Å². The number of hydrogen-bond acceptors (Lipinski definition) is 7. The maximum Gasteiger partial charge on any atom is 0.303 e. The lowest BCUT2D eigenvalue weighted by molar-refractivity contribution is -0.137. The van der Waals surface area contributed by atoms with E-state index in [1.54, 1.807) is 9.58 Å². The summed E-state index contributed by atoms with van der Waals surface area (Å²) >= 11 is 6.76. The second-order valence-corrected chi connectivity index (χ2v) is 10.4.